The fourth-order valence-electron chi connectivity index (χ4n) is 8.01. The minimum Gasteiger partial charge on any atom is -0.375 e. The largest absolute Gasteiger partial charge is 0.375 e. The van der Waals surface area contributed by atoms with Crippen LogP contribution in [0.5, 0.6) is 0 Å². The number of hydrogen-bond acceptors (Lipinski definition) is 11. The summed E-state index contributed by atoms with van der Waals surface area (Å²) in [6.45, 7) is 8.14. The third-order valence-electron chi connectivity index (χ3n) is 11.4. The summed E-state index contributed by atoms with van der Waals surface area (Å²) >= 11 is 2.57. The molecule has 15 nitrogen and oxygen atoms in total. The van der Waals surface area contributed by atoms with Crippen LogP contribution in [0.15, 0.2) is 48.7 Å². The number of carbonyl (C=O) groups is 3. The Labute approximate surface area is 339 Å². The number of morpholine rings is 1. The molecule has 3 aromatic heterocycles. The fraction of sp³-hybridized carbons (Fsp3) is 0.475. The van der Waals surface area contributed by atoms with Gasteiger partial charge in [-0.2, -0.15) is 5.10 Å². The van der Waals surface area contributed by atoms with Crippen molar-refractivity contribution in [1.82, 2.24) is 40.1 Å². The van der Waals surface area contributed by atoms with E-state index < -0.39 is 3.55 Å². The molecule has 0 spiro atoms. The van der Waals surface area contributed by atoms with Crippen molar-refractivity contribution in [3.8, 4) is 11.1 Å². The quantitative estimate of drug-likeness (QED) is 0.105. The molecule has 3 amide bonds. The van der Waals surface area contributed by atoms with Crippen molar-refractivity contribution in [2.75, 3.05) is 55.4 Å². The Morgan fingerprint density at radius 2 is 1.80 bits per heavy atom. The fourth-order valence-corrected chi connectivity index (χ4v) is 8.78. The van der Waals surface area contributed by atoms with Gasteiger partial charge < -0.3 is 30.5 Å². The van der Waals surface area contributed by atoms with Crippen LogP contribution in [0.3, 0.4) is 0 Å². The number of halogens is 1. The number of hydrogen-bond donors (Lipinski definition) is 3. The summed E-state index contributed by atoms with van der Waals surface area (Å²) in [5.41, 5.74) is 7.03. The molecule has 6 heterocycles. The minimum atomic E-state index is -0.436. The number of ether oxygens (including phenoxy) is 1. The van der Waals surface area contributed by atoms with Gasteiger partial charge in [-0.15, -0.1) is 10.2 Å². The van der Waals surface area contributed by atoms with E-state index in [1.165, 1.54) is 0 Å². The van der Waals surface area contributed by atoms with Crippen molar-refractivity contribution in [2.45, 2.75) is 74.2 Å². The second-order valence-corrected chi connectivity index (χ2v) is 17.4. The van der Waals surface area contributed by atoms with Gasteiger partial charge in [-0.1, -0.05) is 25.1 Å². The smallest absolute Gasteiger partial charge is 0.274 e. The second-order valence-electron chi connectivity index (χ2n) is 15.6. The number of pyridine rings is 1. The lowest BCUT2D eigenvalue weighted by molar-refractivity contribution is -0.117. The summed E-state index contributed by atoms with van der Waals surface area (Å²) in [5, 5.41) is 23.0. The van der Waals surface area contributed by atoms with Crippen LogP contribution in [0.4, 0.5) is 22.9 Å². The summed E-state index contributed by atoms with van der Waals surface area (Å²) < 4.78 is 7.39. The lowest BCUT2D eigenvalue weighted by atomic mass is 9.91. The standard InChI is InChI=1S/C40H46IN11O4/c1-4-40(41)36-29(18-42-52(36)27-21-50(22-27)20-26-7-5-10-31(43-26)39(55)51-15-16-56-23(2)19-51)28-8-6-9-30(35(28)49(40)3)45-32-17-33(46-37(53)24-11-12-24)47-48-34(32)38(54)44-25-13-14-25/h5-10,17-18,23-25,27H,4,11-16,19-22H2,1-3H3,(H,44,54)(H2,45,46,47,53)/t23-,40+/m1/s1. The molecule has 5 aliphatic rings. The Hall–Kier alpha value is -4.68. The molecule has 1 aromatic carbocycles. The maximum absolute atomic E-state index is 13.4. The molecule has 2 saturated heterocycles. The van der Waals surface area contributed by atoms with Crippen LogP contribution in [0.25, 0.3) is 11.1 Å². The number of para-hydroxylation sites is 1. The maximum atomic E-state index is 13.4. The lowest BCUT2D eigenvalue weighted by Gasteiger charge is -2.47. The van der Waals surface area contributed by atoms with E-state index in [1.54, 1.807) is 12.1 Å². The molecule has 4 aromatic rings. The summed E-state index contributed by atoms with van der Waals surface area (Å²) in [4.78, 5) is 50.4. The van der Waals surface area contributed by atoms with Crippen LogP contribution in [0, 0.1) is 5.92 Å². The number of aromatic nitrogens is 5. The SMILES string of the molecule is CC[C@@]1(I)c2c(cnn2C2CN(Cc3cccc(C(=O)N4CCO[C@H](C)C4)n3)C2)-c2cccc(Nc3cc(NC(=O)C4CC4)nnc3C(=O)NC3CC3)c2N1C. The highest BCUT2D eigenvalue weighted by Crippen LogP contribution is 2.55. The first-order valence-corrected chi connectivity index (χ1v) is 20.7. The van der Waals surface area contributed by atoms with Crippen LogP contribution in [0.2, 0.25) is 0 Å². The van der Waals surface area contributed by atoms with Crippen molar-refractivity contribution in [3.05, 3.63) is 71.4 Å². The number of carbonyl (C=O) groups excluding carboxylic acids is 3. The van der Waals surface area contributed by atoms with E-state index in [4.69, 9.17) is 14.8 Å². The Morgan fingerprint density at radius 3 is 2.55 bits per heavy atom. The van der Waals surface area contributed by atoms with Gasteiger partial charge in [0, 0.05) is 68.9 Å². The number of likely N-dealkylation sites (tertiary alicyclic amines) is 1. The van der Waals surface area contributed by atoms with E-state index in [-0.39, 0.29) is 47.5 Å². The summed E-state index contributed by atoms with van der Waals surface area (Å²) in [6.07, 6.45) is 6.43. The average molecular weight is 872 g/mol. The van der Waals surface area contributed by atoms with Gasteiger partial charge in [0.05, 0.1) is 53.4 Å². The van der Waals surface area contributed by atoms with Gasteiger partial charge in [-0.05, 0) is 79.8 Å². The number of nitrogens with one attached hydrogen (secondary N) is 3. The third-order valence-corrected chi connectivity index (χ3v) is 13.4. The molecular weight excluding hydrogens is 825 g/mol. The molecule has 0 radical (unpaired) electrons. The normalized spacial score (nSPS) is 22.2. The molecule has 2 saturated carbocycles. The third kappa shape index (κ3) is 6.99. The predicted octanol–water partition coefficient (Wildman–Crippen LogP) is 5.08. The predicted molar refractivity (Wildman–Crippen MR) is 219 cm³/mol. The Bertz CT molecular complexity index is 2200. The minimum absolute atomic E-state index is 0.000665. The van der Waals surface area contributed by atoms with Gasteiger partial charge in [-0.25, -0.2) is 4.98 Å². The van der Waals surface area contributed by atoms with Gasteiger partial charge in [0.1, 0.15) is 9.24 Å². The number of fused-ring (bicyclic) bond motifs is 3. The molecule has 16 heteroatoms. The average Bonchev–Trinajstić information content (AvgIpc) is 4.13. The molecule has 292 valence electrons. The summed E-state index contributed by atoms with van der Waals surface area (Å²) in [7, 11) is 2.11. The number of alkyl halides is 1. The zero-order valence-corrected chi connectivity index (χ0v) is 34.0. The van der Waals surface area contributed by atoms with Crippen molar-refractivity contribution in [3.63, 3.8) is 0 Å². The van der Waals surface area contributed by atoms with Gasteiger partial charge >= 0.3 is 0 Å². The molecule has 56 heavy (non-hydrogen) atoms. The van der Waals surface area contributed by atoms with E-state index in [2.05, 4.69) is 83.3 Å². The van der Waals surface area contributed by atoms with Crippen LogP contribution < -0.4 is 20.9 Å². The van der Waals surface area contributed by atoms with E-state index >= 15 is 0 Å². The van der Waals surface area contributed by atoms with Crippen LogP contribution in [-0.2, 0) is 19.6 Å². The number of nitrogens with zero attached hydrogens (tertiary/aromatic N) is 8. The monoisotopic (exact) mass is 871 g/mol. The van der Waals surface area contributed by atoms with Crippen LogP contribution in [-0.4, -0.2) is 104 Å². The molecule has 0 unspecified atom stereocenters. The molecule has 4 fully saturated rings. The van der Waals surface area contributed by atoms with E-state index in [1.807, 2.05) is 42.3 Å². The van der Waals surface area contributed by atoms with E-state index in [9.17, 15) is 14.4 Å². The van der Waals surface area contributed by atoms with Gasteiger partial charge in [0.25, 0.3) is 11.8 Å². The summed E-state index contributed by atoms with van der Waals surface area (Å²) in [6, 6.07) is 13.9. The molecule has 0 bridgehead atoms. The zero-order chi connectivity index (χ0) is 38.7. The molecule has 2 aliphatic carbocycles. The van der Waals surface area contributed by atoms with Crippen LogP contribution >= 0.6 is 22.6 Å². The number of anilines is 4. The zero-order valence-electron chi connectivity index (χ0n) is 31.8. The molecular formula is C40H46IN11O4. The Kier molecular flexibility index (Phi) is 9.68. The highest BCUT2D eigenvalue weighted by atomic mass is 127. The highest BCUT2D eigenvalue weighted by molar-refractivity contribution is 14.1. The van der Waals surface area contributed by atoms with Crippen molar-refractivity contribution >= 4 is 63.2 Å². The van der Waals surface area contributed by atoms with E-state index in [0.717, 1.165) is 79.1 Å². The van der Waals surface area contributed by atoms with Crippen molar-refractivity contribution in [2.24, 2.45) is 5.92 Å². The second kappa shape index (κ2) is 14.7. The van der Waals surface area contributed by atoms with Gasteiger partial charge in [0.2, 0.25) is 5.91 Å². The molecule has 3 N–H and O–H groups in total. The lowest BCUT2D eigenvalue weighted by Crippen LogP contribution is -2.50. The van der Waals surface area contributed by atoms with Crippen molar-refractivity contribution in [1.29, 1.82) is 0 Å². The Morgan fingerprint density at radius 1 is 1.00 bits per heavy atom. The Balaban J connectivity index is 0.962. The number of rotatable bonds is 11. The number of amides is 3. The molecule has 2 atom stereocenters. The first-order valence-electron chi connectivity index (χ1n) is 19.6. The van der Waals surface area contributed by atoms with Crippen LogP contribution in [0.1, 0.15) is 84.4 Å². The maximum Gasteiger partial charge on any atom is 0.274 e. The number of benzene rings is 1. The van der Waals surface area contributed by atoms with Gasteiger partial charge in [-0.3, -0.25) is 24.0 Å². The van der Waals surface area contributed by atoms with E-state index in [0.29, 0.717) is 43.4 Å². The molecule has 3 aliphatic heterocycles. The topological polar surface area (TPSA) is 163 Å². The first-order chi connectivity index (χ1) is 27.1. The highest BCUT2D eigenvalue weighted by Gasteiger charge is 2.46. The first kappa shape index (κ1) is 36.9. The molecule has 9 rings (SSSR count). The van der Waals surface area contributed by atoms with Crippen molar-refractivity contribution < 1.29 is 19.1 Å². The summed E-state index contributed by atoms with van der Waals surface area (Å²) in [5.74, 6) is -0.118. The van der Waals surface area contributed by atoms with Gasteiger partial charge in [0.15, 0.2) is 11.5 Å².